The number of nitrogens with one attached hydrogen (secondary N) is 2. The zero-order valence-corrected chi connectivity index (χ0v) is 14.3. The molecule has 0 bridgehead atoms. The summed E-state index contributed by atoms with van der Waals surface area (Å²) in [6, 6.07) is 6.06. The number of ether oxygens (including phenoxy) is 2. The van der Waals surface area contributed by atoms with Gasteiger partial charge in [0.2, 0.25) is 0 Å². The van der Waals surface area contributed by atoms with Crippen LogP contribution >= 0.6 is 0 Å². The van der Waals surface area contributed by atoms with Crippen molar-refractivity contribution < 1.29 is 13.9 Å². The van der Waals surface area contributed by atoms with E-state index in [4.69, 9.17) is 9.47 Å². The van der Waals surface area contributed by atoms with Crippen molar-refractivity contribution in [2.45, 2.75) is 6.42 Å². The molecule has 24 heavy (non-hydrogen) atoms. The molecule has 0 aliphatic carbocycles. The van der Waals surface area contributed by atoms with Gasteiger partial charge in [-0.1, -0.05) is 0 Å². The lowest BCUT2D eigenvalue weighted by molar-refractivity contribution is 0.0389. The topological polar surface area (TPSA) is 58.1 Å². The molecule has 0 saturated carbocycles. The summed E-state index contributed by atoms with van der Waals surface area (Å²) < 4.78 is 23.7. The molecule has 1 aliphatic heterocycles. The molecule has 1 saturated heterocycles. The maximum atomic E-state index is 12.8. The fourth-order valence-electron chi connectivity index (χ4n) is 2.38. The normalized spacial score (nSPS) is 16.0. The van der Waals surface area contributed by atoms with Crippen LogP contribution in [0.15, 0.2) is 29.3 Å². The summed E-state index contributed by atoms with van der Waals surface area (Å²) in [6.45, 7) is 6.80. The van der Waals surface area contributed by atoms with E-state index < -0.39 is 0 Å². The third-order valence-corrected chi connectivity index (χ3v) is 3.74. The first-order valence-corrected chi connectivity index (χ1v) is 8.41. The standard InChI is InChI=1S/C17H27FN4O2/c1-19-17(21-8-9-22-10-13-23-14-11-22)20-7-2-12-24-16-5-3-15(18)4-6-16/h3-6H,2,7-14H2,1H3,(H2,19,20,21). The summed E-state index contributed by atoms with van der Waals surface area (Å²) in [6.07, 6.45) is 0.835. The summed E-state index contributed by atoms with van der Waals surface area (Å²) in [5.41, 5.74) is 0. The van der Waals surface area contributed by atoms with Gasteiger partial charge in [0.15, 0.2) is 5.96 Å². The first-order valence-electron chi connectivity index (χ1n) is 8.41. The van der Waals surface area contributed by atoms with E-state index in [0.29, 0.717) is 12.4 Å². The van der Waals surface area contributed by atoms with Gasteiger partial charge >= 0.3 is 0 Å². The maximum Gasteiger partial charge on any atom is 0.191 e. The Bertz CT molecular complexity index is 490. The minimum Gasteiger partial charge on any atom is -0.494 e. The van der Waals surface area contributed by atoms with Gasteiger partial charge in [0.25, 0.3) is 0 Å². The molecule has 0 radical (unpaired) electrons. The van der Waals surface area contributed by atoms with E-state index in [0.717, 1.165) is 58.3 Å². The Balaban J connectivity index is 1.52. The zero-order chi connectivity index (χ0) is 17.0. The van der Waals surface area contributed by atoms with Gasteiger partial charge in [-0.05, 0) is 30.7 Å². The van der Waals surface area contributed by atoms with Crippen LogP contribution in [0.25, 0.3) is 0 Å². The molecule has 1 aromatic carbocycles. The Hall–Kier alpha value is -1.86. The van der Waals surface area contributed by atoms with Crippen LogP contribution in [0.3, 0.4) is 0 Å². The van der Waals surface area contributed by atoms with Crippen molar-refractivity contribution in [3.63, 3.8) is 0 Å². The Morgan fingerprint density at radius 2 is 1.92 bits per heavy atom. The van der Waals surface area contributed by atoms with Crippen LogP contribution in [0.1, 0.15) is 6.42 Å². The Morgan fingerprint density at radius 3 is 2.62 bits per heavy atom. The number of rotatable bonds is 8. The van der Waals surface area contributed by atoms with E-state index >= 15 is 0 Å². The van der Waals surface area contributed by atoms with E-state index in [1.807, 2.05) is 0 Å². The molecule has 1 heterocycles. The zero-order valence-electron chi connectivity index (χ0n) is 14.3. The predicted molar refractivity (Wildman–Crippen MR) is 93.1 cm³/mol. The van der Waals surface area contributed by atoms with Crippen molar-refractivity contribution >= 4 is 5.96 Å². The minimum absolute atomic E-state index is 0.254. The second kappa shape index (κ2) is 10.8. The number of hydrogen-bond acceptors (Lipinski definition) is 4. The summed E-state index contributed by atoms with van der Waals surface area (Å²) in [7, 11) is 1.76. The smallest absolute Gasteiger partial charge is 0.191 e. The van der Waals surface area contributed by atoms with Gasteiger partial charge in [-0.2, -0.15) is 0 Å². The first kappa shape index (κ1) is 18.5. The lowest BCUT2D eigenvalue weighted by Gasteiger charge is -2.26. The molecule has 7 heteroatoms. The second-order valence-electron chi connectivity index (χ2n) is 5.54. The van der Waals surface area contributed by atoms with Crippen LogP contribution in [-0.2, 0) is 4.74 Å². The number of halogens is 1. The fourth-order valence-corrected chi connectivity index (χ4v) is 2.38. The quantitative estimate of drug-likeness (QED) is 0.422. The molecule has 0 spiro atoms. The van der Waals surface area contributed by atoms with E-state index in [1.165, 1.54) is 12.1 Å². The lowest BCUT2D eigenvalue weighted by atomic mass is 10.3. The molecule has 1 fully saturated rings. The molecule has 134 valence electrons. The van der Waals surface area contributed by atoms with Crippen molar-refractivity contribution in [2.75, 3.05) is 59.6 Å². The Labute approximate surface area is 143 Å². The Morgan fingerprint density at radius 1 is 1.21 bits per heavy atom. The lowest BCUT2D eigenvalue weighted by Crippen LogP contribution is -2.44. The number of nitrogens with zero attached hydrogens (tertiary/aromatic N) is 2. The number of benzene rings is 1. The number of morpholine rings is 1. The second-order valence-corrected chi connectivity index (χ2v) is 5.54. The highest BCUT2D eigenvalue weighted by Gasteiger charge is 2.09. The van der Waals surface area contributed by atoms with Crippen molar-refractivity contribution in [1.82, 2.24) is 15.5 Å². The molecule has 0 aromatic heterocycles. The van der Waals surface area contributed by atoms with E-state index in [2.05, 4.69) is 20.5 Å². The van der Waals surface area contributed by atoms with Gasteiger partial charge in [-0.25, -0.2) is 4.39 Å². The first-order chi connectivity index (χ1) is 11.8. The largest absolute Gasteiger partial charge is 0.494 e. The third-order valence-electron chi connectivity index (χ3n) is 3.74. The van der Waals surface area contributed by atoms with Crippen molar-refractivity contribution in [2.24, 2.45) is 4.99 Å². The van der Waals surface area contributed by atoms with Crippen molar-refractivity contribution in [3.05, 3.63) is 30.1 Å². The summed E-state index contributed by atoms with van der Waals surface area (Å²) >= 11 is 0. The molecule has 2 rings (SSSR count). The van der Waals surface area contributed by atoms with Gasteiger partial charge in [0.1, 0.15) is 11.6 Å². The van der Waals surface area contributed by atoms with E-state index in [-0.39, 0.29) is 5.82 Å². The molecular formula is C17H27FN4O2. The molecule has 1 aliphatic rings. The third kappa shape index (κ3) is 7.14. The van der Waals surface area contributed by atoms with Crippen LogP contribution in [0, 0.1) is 5.82 Å². The summed E-state index contributed by atoms with van der Waals surface area (Å²) in [5.74, 6) is 1.23. The monoisotopic (exact) mass is 338 g/mol. The number of hydrogen-bond donors (Lipinski definition) is 2. The highest BCUT2D eigenvalue weighted by Crippen LogP contribution is 2.10. The predicted octanol–water partition coefficient (Wildman–Crippen LogP) is 1.09. The average Bonchev–Trinajstić information content (AvgIpc) is 2.62. The van der Waals surface area contributed by atoms with Crippen LogP contribution in [0.2, 0.25) is 0 Å². The van der Waals surface area contributed by atoms with Crippen molar-refractivity contribution in [1.29, 1.82) is 0 Å². The SMILES string of the molecule is CN=C(NCCCOc1ccc(F)cc1)NCCN1CCOCC1. The molecule has 0 amide bonds. The van der Waals surface area contributed by atoms with Gasteiger partial charge in [-0.3, -0.25) is 9.89 Å². The van der Waals surface area contributed by atoms with Crippen molar-refractivity contribution in [3.8, 4) is 5.75 Å². The van der Waals surface area contributed by atoms with E-state index in [9.17, 15) is 4.39 Å². The summed E-state index contributed by atoms with van der Waals surface area (Å²) in [5, 5.41) is 6.56. The fraction of sp³-hybridized carbons (Fsp3) is 0.588. The highest BCUT2D eigenvalue weighted by molar-refractivity contribution is 5.79. The molecule has 0 unspecified atom stereocenters. The van der Waals surface area contributed by atoms with Crippen LogP contribution < -0.4 is 15.4 Å². The Kier molecular flexibility index (Phi) is 8.34. The highest BCUT2D eigenvalue weighted by atomic mass is 19.1. The van der Waals surface area contributed by atoms with Gasteiger partial charge in [0, 0.05) is 39.8 Å². The number of guanidine groups is 1. The van der Waals surface area contributed by atoms with E-state index in [1.54, 1.807) is 19.2 Å². The molecular weight excluding hydrogens is 311 g/mol. The molecule has 2 N–H and O–H groups in total. The summed E-state index contributed by atoms with van der Waals surface area (Å²) in [4.78, 5) is 6.58. The molecule has 1 aromatic rings. The maximum absolute atomic E-state index is 12.8. The average molecular weight is 338 g/mol. The molecule has 6 nitrogen and oxygen atoms in total. The number of aliphatic imine (C=N–C) groups is 1. The van der Waals surface area contributed by atoms with Gasteiger partial charge in [-0.15, -0.1) is 0 Å². The van der Waals surface area contributed by atoms with Crippen LogP contribution in [0.4, 0.5) is 4.39 Å². The van der Waals surface area contributed by atoms with Gasteiger partial charge in [0.05, 0.1) is 19.8 Å². The minimum atomic E-state index is -0.254. The van der Waals surface area contributed by atoms with Gasteiger partial charge < -0.3 is 20.1 Å². The molecule has 0 atom stereocenters. The van der Waals surface area contributed by atoms with Crippen LogP contribution in [0.5, 0.6) is 5.75 Å². The van der Waals surface area contributed by atoms with Crippen LogP contribution in [-0.4, -0.2) is 70.5 Å².